The van der Waals surface area contributed by atoms with Crippen molar-refractivity contribution in [2.45, 2.75) is 39.2 Å². The molecule has 0 spiro atoms. The van der Waals surface area contributed by atoms with Gasteiger partial charge >= 0.3 is 5.97 Å². The average molecular weight is 208 g/mol. The standard InChI is InChI=1S/C9H17NO2.ClH/c1-8(2,3)6-4-9(10,5-6)7(11)12;/h6H,4-5,10H2,1-3H3,(H,11,12);1H. The summed E-state index contributed by atoms with van der Waals surface area (Å²) in [5.41, 5.74) is 4.89. The van der Waals surface area contributed by atoms with Gasteiger partial charge in [0.05, 0.1) is 0 Å². The number of halogens is 1. The first-order valence-electron chi connectivity index (χ1n) is 4.28. The maximum absolute atomic E-state index is 10.7. The third-order valence-corrected chi connectivity index (χ3v) is 2.87. The highest BCUT2D eigenvalue weighted by molar-refractivity contribution is 5.85. The number of hydrogen-bond donors (Lipinski definition) is 2. The van der Waals surface area contributed by atoms with E-state index in [1.807, 2.05) is 0 Å². The zero-order valence-electron chi connectivity index (χ0n) is 8.33. The quantitative estimate of drug-likeness (QED) is 0.687. The summed E-state index contributed by atoms with van der Waals surface area (Å²) < 4.78 is 0. The molecule has 0 amide bonds. The number of carbonyl (C=O) groups is 1. The topological polar surface area (TPSA) is 63.3 Å². The average Bonchev–Trinajstić information content (AvgIpc) is 1.77. The van der Waals surface area contributed by atoms with E-state index in [2.05, 4.69) is 20.8 Å². The van der Waals surface area contributed by atoms with Crippen molar-refractivity contribution >= 4 is 18.4 Å². The van der Waals surface area contributed by atoms with Gasteiger partial charge in [0.2, 0.25) is 0 Å². The molecule has 1 aliphatic rings. The second-order valence-electron chi connectivity index (χ2n) is 4.93. The molecule has 0 bridgehead atoms. The largest absolute Gasteiger partial charge is 0.480 e. The molecule has 0 atom stereocenters. The molecule has 1 saturated carbocycles. The highest BCUT2D eigenvalue weighted by Crippen LogP contribution is 2.46. The van der Waals surface area contributed by atoms with Crippen molar-refractivity contribution in [1.82, 2.24) is 0 Å². The lowest BCUT2D eigenvalue weighted by Crippen LogP contribution is -2.60. The first-order chi connectivity index (χ1) is 5.26. The first-order valence-corrected chi connectivity index (χ1v) is 4.28. The Labute approximate surface area is 85.1 Å². The molecule has 0 aliphatic heterocycles. The fourth-order valence-electron chi connectivity index (χ4n) is 1.61. The van der Waals surface area contributed by atoms with Crippen LogP contribution in [0.1, 0.15) is 33.6 Å². The van der Waals surface area contributed by atoms with Gasteiger partial charge in [-0.2, -0.15) is 0 Å². The second kappa shape index (κ2) is 3.46. The van der Waals surface area contributed by atoms with Gasteiger partial charge in [0.25, 0.3) is 0 Å². The monoisotopic (exact) mass is 207 g/mol. The summed E-state index contributed by atoms with van der Waals surface area (Å²) in [5.74, 6) is -0.401. The van der Waals surface area contributed by atoms with Crippen LogP contribution in [-0.4, -0.2) is 16.6 Å². The third kappa shape index (κ3) is 2.35. The van der Waals surface area contributed by atoms with Crippen LogP contribution in [0, 0.1) is 11.3 Å². The van der Waals surface area contributed by atoms with Gasteiger partial charge < -0.3 is 10.8 Å². The Morgan fingerprint density at radius 2 is 1.85 bits per heavy atom. The van der Waals surface area contributed by atoms with Crippen molar-refractivity contribution in [2.24, 2.45) is 17.1 Å². The van der Waals surface area contributed by atoms with Crippen LogP contribution in [0.25, 0.3) is 0 Å². The lowest BCUT2D eigenvalue weighted by atomic mass is 9.59. The highest BCUT2D eigenvalue weighted by atomic mass is 35.5. The molecule has 0 radical (unpaired) electrons. The van der Waals surface area contributed by atoms with Crippen molar-refractivity contribution in [1.29, 1.82) is 0 Å². The molecular weight excluding hydrogens is 190 g/mol. The molecule has 13 heavy (non-hydrogen) atoms. The summed E-state index contributed by atoms with van der Waals surface area (Å²) in [4.78, 5) is 10.7. The van der Waals surface area contributed by atoms with Gasteiger partial charge in [-0.15, -0.1) is 12.4 Å². The summed E-state index contributed by atoms with van der Waals surface area (Å²) in [6, 6.07) is 0. The number of aliphatic carboxylic acids is 1. The van der Waals surface area contributed by atoms with Crippen LogP contribution in [-0.2, 0) is 4.79 Å². The lowest BCUT2D eigenvalue weighted by Gasteiger charge is -2.48. The molecule has 0 unspecified atom stereocenters. The number of hydrogen-bond acceptors (Lipinski definition) is 2. The minimum absolute atomic E-state index is 0. The van der Waals surface area contributed by atoms with Crippen molar-refractivity contribution in [2.75, 3.05) is 0 Å². The normalized spacial score (nSPS) is 33.1. The molecule has 3 N–H and O–H groups in total. The molecule has 0 aromatic carbocycles. The maximum Gasteiger partial charge on any atom is 0.323 e. The fourth-order valence-corrected chi connectivity index (χ4v) is 1.61. The van der Waals surface area contributed by atoms with E-state index in [0.29, 0.717) is 18.8 Å². The molecule has 4 heteroatoms. The summed E-state index contributed by atoms with van der Waals surface area (Å²) in [7, 11) is 0. The van der Waals surface area contributed by atoms with Gasteiger partial charge in [0.15, 0.2) is 0 Å². The summed E-state index contributed by atoms with van der Waals surface area (Å²) >= 11 is 0. The van der Waals surface area contributed by atoms with Crippen molar-refractivity contribution < 1.29 is 9.90 Å². The number of nitrogens with two attached hydrogens (primary N) is 1. The van der Waals surface area contributed by atoms with E-state index in [9.17, 15) is 4.79 Å². The first kappa shape index (κ1) is 12.7. The van der Waals surface area contributed by atoms with Gasteiger partial charge in [-0.25, -0.2) is 0 Å². The van der Waals surface area contributed by atoms with E-state index in [1.54, 1.807) is 0 Å². The SMILES string of the molecule is CC(C)(C)C1CC(N)(C(=O)O)C1.Cl. The fraction of sp³-hybridized carbons (Fsp3) is 0.889. The molecule has 3 nitrogen and oxygen atoms in total. The number of rotatable bonds is 1. The minimum atomic E-state index is -0.933. The molecule has 0 aromatic rings. The Kier molecular flexibility index (Phi) is 3.39. The van der Waals surface area contributed by atoms with Crippen molar-refractivity contribution in [3.63, 3.8) is 0 Å². The molecule has 1 fully saturated rings. The van der Waals surface area contributed by atoms with Crippen LogP contribution in [0.2, 0.25) is 0 Å². The smallest absolute Gasteiger partial charge is 0.323 e. The Hall–Kier alpha value is -0.280. The summed E-state index contributed by atoms with van der Waals surface area (Å²) in [6.07, 6.45) is 1.23. The third-order valence-electron chi connectivity index (χ3n) is 2.87. The van der Waals surface area contributed by atoms with E-state index in [4.69, 9.17) is 10.8 Å². The molecule has 78 valence electrons. The zero-order valence-corrected chi connectivity index (χ0v) is 9.15. The molecule has 1 rings (SSSR count). The summed E-state index contributed by atoms with van der Waals surface area (Å²) in [6.45, 7) is 6.37. The highest BCUT2D eigenvalue weighted by Gasteiger charge is 2.50. The molecule has 0 saturated heterocycles. The van der Waals surface area contributed by atoms with Crippen LogP contribution < -0.4 is 5.73 Å². The van der Waals surface area contributed by atoms with Crippen LogP contribution in [0.4, 0.5) is 0 Å². The Bertz CT molecular complexity index is 204. The van der Waals surface area contributed by atoms with E-state index < -0.39 is 11.5 Å². The Morgan fingerprint density at radius 3 is 2.08 bits per heavy atom. The van der Waals surface area contributed by atoms with E-state index in [0.717, 1.165) is 0 Å². The van der Waals surface area contributed by atoms with Gasteiger partial charge in [-0.3, -0.25) is 4.79 Å². The van der Waals surface area contributed by atoms with E-state index in [-0.39, 0.29) is 17.8 Å². The summed E-state index contributed by atoms with van der Waals surface area (Å²) in [5, 5.41) is 8.75. The molecule has 0 heterocycles. The van der Waals surface area contributed by atoms with Crippen molar-refractivity contribution in [3.8, 4) is 0 Å². The van der Waals surface area contributed by atoms with Gasteiger partial charge in [-0.1, -0.05) is 20.8 Å². The van der Waals surface area contributed by atoms with Crippen LogP contribution in [0.5, 0.6) is 0 Å². The number of carboxylic acids is 1. The van der Waals surface area contributed by atoms with Crippen LogP contribution in [0.15, 0.2) is 0 Å². The lowest BCUT2D eigenvalue weighted by molar-refractivity contribution is -0.150. The van der Waals surface area contributed by atoms with Crippen LogP contribution in [0.3, 0.4) is 0 Å². The van der Waals surface area contributed by atoms with Gasteiger partial charge in [0, 0.05) is 0 Å². The molecule has 1 aliphatic carbocycles. The predicted octanol–water partition coefficient (Wildman–Crippen LogP) is 1.65. The van der Waals surface area contributed by atoms with Gasteiger partial charge in [0.1, 0.15) is 5.54 Å². The van der Waals surface area contributed by atoms with Crippen LogP contribution >= 0.6 is 12.4 Å². The molecular formula is C9H18ClNO2. The number of carboxylic acid groups (broad SMARTS) is 1. The minimum Gasteiger partial charge on any atom is -0.480 e. The zero-order chi connectivity index (χ0) is 9.57. The second-order valence-corrected chi connectivity index (χ2v) is 4.93. The Balaban J connectivity index is 0.00000144. The van der Waals surface area contributed by atoms with Crippen molar-refractivity contribution in [3.05, 3.63) is 0 Å². The predicted molar refractivity (Wildman–Crippen MR) is 54.0 cm³/mol. The maximum atomic E-state index is 10.7. The van der Waals surface area contributed by atoms with E-state index in [1.165, 1.54) is 0 Å². The van der Waals surface area contributed by atoms with E-state index >= 15 is 0 Å². The van der Waals surface area contributed by atoms with Gasteiger partial charge in [-0.05, 0) is 24.2 Å². The molecule has 0 aromatic heterocycles. The Morgan fingerprint density at radius 1 is 1.46 bits per heavy atom.